The van der Waals surface area contributed by atoms with Crippen molar-refractivity contribution in [1.82, 2.24) is 16.0 Å². The van der Waals surface area contributed by atoms with Crippen molar-refractivity contribution in [1.29, 1.82) is 0 Å². The molecule has 0 saturated carbocycles. The van der Waals surface area contributed by atoms with Crippen LogP contribution in [0.3, 0.4) is 0 Å². The van der Waals surface area contributed by atoms with Gasteiger partial charge in [0.2, 0.25) is 0 Å². The summed E-state index contributed by atoms with van der Waals surface area (Å²) in [5, 5.41) is 9.29. The van der Waals surface area contributed by atoms with Crippen molar-refractivity contribution in [2.75, 3.05) is 39.9 Å². The second-order valence-corrected chi connectivity index (χ2v) is 6.01. The van der Waals surface area contributed by atoms with E-state index >= 15 is 0 Å². The van der Waals surface area contributed by atoms with Crippen LogP contribution in [0.4, 0.5) is 0 Å². The number of halogens is 2. The molecule has 0 radical (unpaired) electrons. The first-order valence-electron chi connectivity index (χ1n) is 8.23. The van der Waals surface area contributed by atoms with Gasteiger partial charge in [0.1, 0.15) is 0 Å². The van der Waals surface area contributed by atoms with E-state index in [9.17, 15) is 4.79 Å². The Balaban J connectivity index is 0.00000576. The number of carbonyl (C=O) groups excluding carboxylic acids is 1. The molecule has 0 heterocycles. The van der Waals surface area contributed by atoms with Gasteiger partial charge >= 0.3 is 0 Å². The summed E-state index contributed by atoms with van der Waals surface area (Å²) >= 11 is 3.36. The first-order valence-corrected chi connectivity index (χ1v) is 9.02. The van der Waals surface area contributed by atoms with Gasteiger partial charge < -0.3 is 20.7 Å². The number of benzene rings is 1. The molecule has 0 aliphatic rings. The van der Waals surface area contributed by atoms with E-state index in [0.717, 1.165) is 43.0 Å². The third-order valence-electron chi connectivity index (χ3n) is 3.23. The van der Waals surface area contributed by atoms with Crippen LogP contribution >= 0.6 is 39.9 Å². The largest absolute Gasteiger partial charge is 0.382 e. The highest BCUT2D eigenvalue weighted by molar-refractivity contribution is 14.0. The summed E-state index contributed by atoms with van der Waals surface area (Å²) < 4.78 is 6.19. The van der Waals surface area contributed by atoms with Crippen LogP contribution < -0.4 is 16.0 Å². The fourth-order valence-electron chi connectivity index (χ4n) is 1.99. The summed E-state index contributed by atoms with van der Waals surface area (Å²) in [6.07, 6.45) is 2.06. The lowest BCUT2D eigenvalue weighted by Gasteiger charge is -2.12. The van der Waals surface area contributed by atoms with Crippen LogP contribution in [0.25, 0.3) is 0 Å². The van der Waals surface area contributed by atoms with Gasteiger partial charge in [-0.25, -0.2) is 0 Å². The molecule has 3 N–H and O–H groups in total. The Morgan fingerprint density at radius 3 is 2.56 bits per heavy atom. The minimum atomic E-state index is -0.0861. The number of ether oxygens (including phenoxy) is 1. The van der Waals surface area contributed by atoms with Gasteiger partial charge in [-0.3, -0.25) is 9.79 Å². The molecule has 0 aliphatic carbocycles. The molecule has 142 valence electrons. The van der Waals surface area contributed by atoms with Gasteiger partial charge in [0.25, 0.3) is 5.91 Å². The Kier molecular flexibility index (Phi) is 14.9. The van der Waals surface area contributed by atoms with Gasteiger partial charge in [-0.2, -0.15) is 0 Å². The SMILES string of the molecule is CCOCCCCNC(=NC)NCCNC(=O)c1cccc(Br)c1.I. The standard InChI is InChI=1S/C17H27BrN4O2.HI/c1-3-24-12-5-4-9-21-17(19-2)22-11-10-20-16(23)14-7-6-8-15(18)13-14;/h6-8,13H,3-5,9-12H2,1-2H3,(H,20,23)(H2,19,21,22);1H. The monoisotopic (exact) mass is 526 g/mol. The molecule has 1 aromatic carbocycles. The Bertz CT molecular complexity index is 529. The van der Waals surface area contributed by atoms with Gasteiger partial charge in [-0.15, -0.1) is 24.0 Å². The van der Waals surface area contributed by atoms with Gasteiger partial charge in [0.05, 0.1) is 0 Å². The Labute approximate surface area is 175 Å². The minimum absolute atomic E-state index is 0. The van der Waals surface area contributed by atoms with Crippen LogP contribution in [0.1, 0.15) is 30.1 Å². The molecular formula is C17H28BrIN4O2. The summed E-state index contributed by atoms with van der Waals surface area (Å²) in [5.41, 5.74) is 0.640. The van der Waals surface area contributed by atoms with E-state index in [0.29, 0.717) is 18.7 Å². The molecule has 1 aromatic rings. The van der Waals surface area contributed by atoms with Crippen LogP contribution in [-0.2, 0) is 4.74 Å². The highest BCUT2D eigenvalue weighted by Gasteiger charge is 2.04. The molecule has 0 saturated heterocycles. The second kappa shape index (κ2) is 15.4. The minimum Gasteiger partial charge on any atom is -0.382 e. The third kappa shape index (κ3) is 11.4. The lowest BCUT2D eigenvalue weighted by molar-refractivity contribution is 0.0954. The predicted molar refractivity (Wildman–Crippen MR) is 117 cm³/mol. The molecule has 8 heteroatoms. The zero-order chi connectivity index (χ0) is 17.6. The van der Waals surface area contributed by atoms with E-state index < -0.39 is 0 Å². The fourth-order valence-corrected chi connectivity index (χ4v) is 2.39. The van der Waals surface area contributed by atoms with Crippen molar-refractivity contribution >= 4 is 51.8 Å². The Morgan fingerprint density at radius 2 is 1.88 bits per heavy atom. The molecule has 0 aromatic heterocycles. The van der Waals surface area contributed by atoms with Crippen molar-refractivity contribution in [2.24, 2.45) is 4.99 Å². The second-order valence-electron chi connectivity index (χ2n) is 5.10. The van der Waals surface area contributed by atoms with Gasteiger partial charge in [-0.05, 0) is 38.0 Å². The first kappa shape index (κ1) is 24.1. The topological polar surface area (TPSA) is 74.8 Å². The number of unbranched alkanes of at least 4 members (excludes halogenated alkanes) is 1. The maximum Gasteiger partial charge on any atom is 0.251 e. The predicted octanol–water partition coefficient (Wildman–Crippen LogP) is 2.78. The molecule has 0 fully saturated rings. The van der Waals surface area contributed by atoms with E-state index in [1.807, 2.05) is 19.1 Å². The molecule has 25 heavy (non-hydrogen) atoms. The number of hydrogen-bond acceptors (Lipinski definition) is 3. The van der Waals surface area contributed by atoms with Crippen LogP contribution in [0, 0.1) is 0 Å². The van der Waals surface area contributed by atoms with Crippen molar-refractivity contribution in [3.05, 3.63) is 34.3 Å². The number of amides is 1. The summed E-state index contributed by atoms with van der Waals surface area (Å²) in [6, 6.07) is 7.32. The lowest BCUT2D eigenvalue weighted by atomic mass is 10.2. The van der Waals surface area contributed by atoms with Gasteiger partial charge in [-0.1, -0.05) is 22.0 Å². The number of nitrogens with zero attached hydrogens (tertiary/aromatic N) is 1. The quantitative estimate of drug-likeness (QED) is 0.190. The van der Waals surface area contributed by atoms with Gasteiger partial charge in [0.15, 0.2) is 5.96 Å². The van der Waals surface area contributed by atoms with Crippen molar-refractivity contribution in [3.63, 3.8) is 0 Å². The van der Waals surface area contributed by atoms with Crippen LogP contribution in [0.15, 0.2) is 33.7 Å². The van der Waals surface area contributed by atoms with Crippen LogP contribution in [-0.4, -0.2) is 51.8 Å². The summed E-state index contributed by atoms with van der Waals surface area (Å²) in [7, 11) is 1.73. The highest BCUT2D eigenvalue weighted by atomic mass is 127. The van der Waals surface area contributed by atoms with E-state index in [-0.39, 0.29) is 29.9 Å². The number of hydrogen-bond donors (Lipinski definition) is 3. The molecule has 6 nitrogen and oxygen atoms in total. The normalized spacial score (nSPS) is 10.8. The van der Waals surface area contributed by atoms with Crippen molar-refractivity contribution < 1.29 is 9.53 Å². The number of aliphatic imine (C=N–C) groups is 1. The van der Waals surface area contributed by atoms with Crippen LogP contribution in [0.5, 0.6) is 0 Å². The molecule has 0 bridgehead atoms. The van der Waals surface area contributed by atoms with E-state index in [1.54, 1.807) is 19.2 Å². The number of rotatable bonds is 10. The number of nitrogens with one attached hydrogen (secondary N) is 3. The molecule has 0 atom stereocenters. The molecule has 0 aliphatic heterocycles. The average molecular weight is 527 g/mol. The lowest BCUT2D eigenvalue weighted by Crippen LogP contribution is -2.41. The first-order chi connectivity index (χ1) is 11.7. The molecular weight excluding hydrogens is 499 g/mol. The Hall–Kier alpha value is -0.870. The van der Waals surface area contributed by atoms with Gasteiger partial charge in [0, 0.05) is 49.9 Å². The smallest absolute Gasteiger partial charge is 0.251 e. The summed E-state index contributed by atoms with van der Waals surface area (Å²) in [5.74, 6) is 0.653. The zero-order valence-electron chi connectivity index (χ0n) is 14.8. The highest BCUT2D eigenvalue weighted by Crippen LogP contribution is 2.11. The number of carbonyl (C=O) groups is 1. The number of guanidine groups is 1. The average Bonchev–Trinajstić information content (AvgIpc) is 2.59. The van der Waals surface area contributed by atoms with Crippen molar-refractivity contribution in [3.8, 4) is 0 Å². The van der Waals surface area contributed by atoms with Crippen LogP contribution in [0.2, 0.25) is 0 Å². The van der Waals surface area contributed by atoms with E-state index in [4.69, 9.17) is 4.74 Å². The van der Waals surface area contributed by atoms with E-state index in [2.05, 4.69) is 36.9 Å². The Morgan fingerprint density at radius 1 is 1.16 bits per heavy atom. The molecule has 0 spiro atoms. The molecule has 1 rings (SSSR count). The summed E-state index contributed by atoms with van der Waals surface area (Å²) in [6.45, 7) is 5.54. The molecule has 0 unspecified atom stereocenters. The fraction of sp³-hybridized carbons (Fsp3) is 0.529. The van der Waals surface area contributed by atoms with Crippen molar-refractivity contribution in [2.45, 2.75) is 19.8 Å². The third-order valence-corrected chi connectivity index (χ3v) is 3.72. The molecule has 1 amide bonds. The van der Waals surface area contributed by atoms with E-state index in [1.165, 1.54) is 0 Å². The maximum atomic E-state index is 12.0. The maximum absolute atomic E-state index is 12.0. The summed E-state index contributed by atoms with van der Waals surface area (Å²) in [4.78, 5) is 16.1. The zero-order valence-corrected chi connectivity index (χ0v) is 18.7.